The predicted octanol–water partition coefficient (Wildman–Crippen LogP) is 4.29. The van der Waals surface area contributed by atoms with Crippen LogP contribution in [0.1, 0.15) is 55.6 Å². The fourth-order valence-corrected chi connectivity index (χ4v) is 6.15. The number of aromatic nitrogens is 1. The van der Waals surface area contributed by atoms with E-state index < -0.39 is 0 Å². The smallest absolute Gasteiger partial charge is 0.246 e. The number of primary amides is 1. The molecule has 5 rings (SSSR count). The largest absolute Gasteiger partial charge is 0.368 e. The van der Waals surface area contributed by atoms with E-state index in [9.17, 15) is 9.59 Å². The Balaban J connectivity index is 1.12. The molecule has 1 aromatic heterocycles. The fraction of sp³-hybridized carbons (Fsp3) is 0.400. The van der Waals surface area contributed by atoms with Gasteiger partial charge < -0.3 is 20.9 Å². The summed E-state index contributed by atoms with van der Waals surface area (Å²) in [5.41, 5.74) is 9.42. The molecule has 4 N–H and O–H groups in total. The molecule has 2 heterocycles. The average Bonchev–Trinajstić information content (AvgIpc) is 3.36. The van der Waals surface area contributed by atoms with Crippen molar-refractivity contribution >= 4 is 28.8 Å². The van der Waals surface area contributed by atoms with Gasteiger partial charge in [-0.05, 0) is 85.8 Å². The molecular weight excluding hydrogens is 484 g/mol. The number of carbonyl (C=O) groups is 2. The minimum atomic E-state index is -0.348. The normalized spacial score (nSPS) is 21.9. The second kappa shape index (κ2) is 11.5. The lowest BCUT2D eigenvalue weighted by Crippen LogP contribution is -2.54. The zero-order valence-corrected chi connectivity index (χ0v) is 21.9. The minimum Gasteiger partial charge on any atom is -0.368 e. The Morgan fingerprint density at radius 3 is 2.41 bits per heavy atom. The van der Waals surface area contributed by atoms with Crippen LogP contribution in [0.5, 0.6) is 0 Å². The summed E-state index contributed by atoms with van der Waals surface area (Å²) in [6, 6.07) is 16.0. The van der Waals surface area contributed by atoms with Crippen LogP contribution in [-0.2, 0) is 9.59 Å². The molecule has 1 saturated carbocycles. The van der Waals surface area contributed by atoms with Crippen molar-refractivity contribution in [3.63, 3.8) is 0 Å². The molecule has 2 amide bonds. The Bertz CT molecular complexity index is 1250. The Labute approximate surface area is 223 Å². The fourth-order valence-electron chi connectivity index (χ4n) is 6.01. The van der Waals surface area contributed by atoms with Crippen LogP contribution in [0.3, 0.4) is 0 Å². The molecule has 3 aromatic rings. The number of benzene rings is 2. The molecule has 1 aliphatic heterocycles. The number of halogens is 1. The number of nitrogens with zero attached hydrogens (tertiary/aromatic N) is 1. The van der Waals surface area contributed by atoms with Crippen LogP contribution < -0.4 is 11.1 Å². The van der Waals surface area contributed by atoms with Gasteiger partial charge in [0.25, 0.3) is 0 Å². The molecule has 7 heteroatoms. The molecule has 2 aromatic carbocycles. The molecule has 37 heavy (non-hydrogen) atoms. The lowest BCUT2D eigenvalue weighted by molar-refractivity contribution is -0.288. The number of aromatic amines is 1. The number of para-hydroxylation sites is 1. The average molecular weight is 520 g/mol. The van der Waals surface area contributed by atoms with Gasteiger partial charge in [0, 0.05) is 54.4 Å². The summed E-state index contributed by atoms with van der Waals surface area (Å²) in [5.74, 6) is 0.406. The van der Waals surface area contributed by atoms with E-state index in [4.69, 9.17) is 17.3 Å². The van der Waals surface area contributed by atoms with Crippen molar-refractivity contribution < 1.29 is 21.2 Å². The van der Waals surface area contributed by atoms with Gasteiger partial charge in [0.1, 0.15) is 0 Å². The maximum atomic E-state index is 12.7. The third kappa shape index (κ3) is 6.08. The summed E-state index contributed by atoms with van der Waals surface area (Å²) < 4.78 is 0. The zero-order chi connectivity index (χ0) is 25.8. The van der Waals surface area contributed by atoms with Gasteiger partial charge in [-0.25, -0.2) is 0 Å². The lowest BCUT2D eigenvalue weighted by Gasteiger charge is -2.38. The first-order valence-electron chi connectivity index (χ1n) is 13.3. The molecule has 1 unspecified atom stereocenters. The Kier molecular flexibility index (Phi) is 7.96. The van der Waals surface area contributed by atoms with Gasteiger partial charge in [-0.15, -0.1) is 0 Å². The van der Waals surface area contributed by atoms with Crippen LogP contribution in [0.4, 0.5) is 0 Å². The van der Waals surface area contributed by atoms with Crippen LogP contribution in [0.15, 0.2) is 60.8 Å². The number of hydrogen-bond acceptors (Lipinski definition) is 3. The van der Waals surface area contributed by atoms with Crippen LogP contribution in [0.25, 0.3) is 17.0 Å². The highest BCUT2D eigenvalue weighted by Crippen LogP contribution is 2.37. The Morgan fingerprint density at radius 2 is 1.70 bits per heavy atom. The third-order valence-electron chi connectivity index (χ3n) is 8.13. The summed E-state index contributed by atoms with van der Waals surface area (Å²) in [5, 5.41) is 5.72. The number of carbonyl (C=O) groups excluding carboxylic acids is 2. The van der Waals surface area contributed by atoms with Crippen LogP contribution in [0, 0.1) is 17.5 Å². The number of rotatable bonds is 7. The number of amides is 2. The molecular formula is C30H36ClN4O2+. The minimum absolute atomic E-state index is 0.0000808. The van der Waals surface area contributed by atoms with Crippen LogP contribution in [0.2, 0.25) is 5.02 Å². The molecule has 0 spiro atoms. The van der Waals surface area contributed by atoms with Gasteiger partial charge in [0.05, 0.1) is 6.04 Å². The van der Waals surface area contributed by atoms with E-state index in [1.807, 2.05) is 35.2 Å². The Hall–Kier alpha value is -3.09. The zero-order valence-electron chi connectivity index (χ0n) is 21.1. The third-order valence-corrected chi connectivity index (χ3v) is 8.40. The van der Waals surface area contributed by atoms with Crippen molar-refractivity contribution in [2.24, 2.45) is 11.7 Å². The molecule has 0 radical (unpaired) electrons. The molecule has 1 atom stereocenters. The number of fused-ring (bicyclic) bond motifs is 1. The van der Waals surface area contributed by atoms with Gasteiger partial charge in [-0.2, -0.15) is 0 Å². The topological polar surface area (TPSA) is 91.2 Å². The standard InChI is InChI=1S/C30H35ClN4O2/c31-23-10-5-20(6-11-23)7-14-28(36)35-17-15-22(16-18-35)29(30(32)37)34-24-12-8-21(9-13-24)26-19-33-27-4-2-1-3-25(26)27/h1-7,10-11,14,19,21-22,24,29,31,33-34H,8-9,12-13,15-18H2,(H-,32,37)/p+1/b14-7+. The van der Waals surface area contributed by atoms with Crippen LogP contribution in [-0.4, -0.2) is 46.9 Å². The van der Waals surface area contributed by atoms with Crippen molar-refractivity contribution in [2.75, 3.05) is 13.1 Å². The van der Waals surface area contributed by atoms with Crippen molar-refractivity contribution in [1.82, 2.24) is 15.2 Å². The first-order valence-corrected chi connectivity index (χ1v) is 13.7. The van der Waals surface area contributed by atoms with Gasteiger partial charge in [0.15, 0.2) is 11.6 Å². The first-order chi connectivity index (χ1) is 18.0. The summed E-state index contributed by atoms with van der Waals surface area (Å²) in [6.07, 6.45) is 11.4. The van der Waals surface area contributed by atoms with Crippen molar-refractivity contribution in [1.29, 1.82) is 0 Å². The van der Waals surface area contributed by atoms with E-state index in [0.717, 1.165) is 49.1 Å². The highest BCUT2D eigenvalue weighted by atomic mass is 35.5. The van der Waals surface area contributed by atoms with Crippen molar-refractivity contribution in [3.8, 4) is 0 Å². The van der Waals surface area contributed by atoms with Crippen molar-refractivity contribution in [2.45, 2.75) is 56.5 Å². The second-order valence-electron chi connectivity index (χ2n) is 10.4. The number of likely N-dealkylation sites (tertiary alicyclic amines) is 1. The van der Waals surface area contributed by atoms with Gasteiger partial charge in [-0.3, -0.25) is 9.59 Å². The number of hydrogen-bond donors (Lipinski definition) is 3. The van der Waals surface area contributed by atoms with E-state index in [-0.39, 0.29) is 23.8 Å². The summed E-state index contributed by atoms with van der Waals surface area (Å²) in [7, 11) is 0. The quantitative estimate of drug-likeness (QED) is 0.407. The number of nitrogens with one attached hydrogen (secondary N) is 2. The van der Waals surface area contributed by atoms with Gasteiger partial charge in [-0.1, -0.05) is 18.2 Å². The molecule has 2 aliphatic rings. The van der Waals surface area contributed by atoms with Crippen molar-refractivity contribution in [3.05, 3.63) is 77.0 Å². The molecule has 1 saturated heterocycles. The van der Waals surface area contributed by atoms with E-state index in [1.165, 1.54) is 16.5 Å². The molecule has 0 bridgehead atoms. The molecule has 1 aliphatic carbocycles. The molecule has 2 fully saturated rings. The number of H-pyrrole nitrogens is 1. The summed E-state index contributed by atoms with van der Waals surface area (Å²) in [4.78, 5) is 30.4. The maximum absolute atomic E-state index is 12.7. The van der Waals surface area contributed by atoms with E-state index in [2.05, 4.69) is 40.8 Å². The first kappa shape index (κ1) is 25.6. The number of nitrogens with two attached hydrogens (primary N) is 1. The summed E-state index contributed by atoms with van der Waals surface area (Å²) in [6.45, 7) is 1.27. The molecule has 194 valence electrons. The Morgan fingerprint density at radius 1 is 1.00 bits per heavy atom. The lowest BCUT2D eigenvalue weighted by atomic mass is 9.80. The predicted molar refractivity (Wildman–Crippen MR) is 145 cm³/mol. The van der Waals surface area contributed by atoms with Gasteiger partial charge in [0.2, 0.25) is 16.8 Å². The SMILES string of the molecule is NC(=O)C(NC1CCC(c2c[nH]c3ccccc23)CC1)C1CCN(C(=O)/C=C/c2ccc([ClH+])cc2)CC1. The highest BCUT2D eigenvalue weighted by molar-refractivity contribution is 5.92. The number of piperidine rings is 1. The highest BCUT2D eigenvalue weighted by Gasteiger charge is 2.34. The van der Waals surface area contributed by atoms with E-state index >= 15 is 0 Å². The maximum Gasteiger partial charge on any atom is 0.246 e. The van der Waals surface area contributed by atoms with Gasteiger partial charge >= 0.3 is 0 Å². The molecule has 6 nitrogen and oxygen atoms in total. The van der Waals surface area contributed by atoms with E-state index in [0.29, 0.717) is 25.0 Å². The van der Waals surface area contributed by atoms with E-state index in [1.54, 1.807) is 6.08 Å². The second-order valence-corrected chi connectivity index (χ2v) is 10.9. The monoisotopic (exact) mass is 519 g/mol. The van der Waals surface area contributed by atoms with Crippen LogP contribution >= 0.6 is 0 Å². The summed E-state index contributed by atoms with van der Waals surface area (Å²) >= 11 is 5.11.